The monoisotopic (exact) mass is 111 g/mol. The van der Waals surface area contributed by atoms with Crippen molar-refractivity contribution in [1.29, 1.82) is 0 Å². The molecule has 0 heterocycles. The lowest BCUT2D eigenvalue weighted by molar-refractivity contribution is 0.318. The number of allylic oxidation sites excluding steroid dienone is 1. The molecule has 8 heavy (non-hydrogen) atoms. The van der Waals surface area contributed by atoms with Crippen LogP contribution in [0.4, 0.5) is 0 Å². The Kier molecular flexibility index (Phi) is 1.33. The zero-order valence-corrected chi connectivity index (χ0v) is 4.67. The van der Waals surface area contributed by atoms with Crippen LogP contribution in [0.3, 0.4) is 0 Å². The Morgan fingerprint density at radius 2 is 2.38 bits per heavy atom. The summed E-state index contributed by atoms with van der Waals surface area (Å²) in [5.74, 6) is 0.512. The van der Waals surface area contributed by atoms with Gasteiger partial charge in [0.2, 0.25) is 0 Å². The summed E-state index contributed by atoms with van der Waals surface area (Å²) < 4.78 is 0. The van der Waals surface area contributed by atoms with Crippen LogP contribution in [-0.2, 0) is 0 Å². The summed E-state index contributed by atoms with van der Waals surface area (Å²) in [6, 6.07) is 0. The van der Waals surface area contributed by atoms with Gasteiger partial charge in [0.05, 0.1) is 5.71 Å². The molecule has 0 aromatic rings. The van der Waals surface area contributed by atoms with Crippen molar-refractivity contribution in [1.82, 2.24) is 0 Å². The minimum absolute atomic E-state index is 0.512. The number of hydrogen-bond donors (Lipinski definition) is 1. The second kappa shape index (κ2) is 1.99. The van der Waals surface area contributed by atoms with E-state index in [1.165, 1.54) is 0 Å². The van der Waals surface area contributed by atoms with Gasteiger partial charge in [0.1, 0.15) is 0 Å². The molecule has 44 valence electrons. The Hall–Kier alpha value is -0.790. The first kappa shape index (κ1) is 5.35. The molecular formula is C6H9NO. The third kappa shape index (κ3) is 0.886. The standard InChI is InChI=1S/C6H9NO/c1-2-6(7-8)5-3-4-5/h2,5,8H,1,3-4H2/b7-6-. The third-order valence-corrected chi connectivity index (χ3v) is 1.32. The van der Waals surface area contributed by atoms with E-state index in [0.717, 1.165) is 18.6 Å². The lowest BCUT2D eigenvalue weighted by atomic mass is 10.2. The Morgan fingerprint density at radius 1 is 1.75 bits per heavy atom. The van der Waals surface area contributed by atoms with E-state index in [0.29, 0.717) is 5.92 Å². The van der Waals surface area contributed by atoms with Gasteiger partial charge in [0.25, 0.3) is 0 Å². The average Bonchev–Trinajstić information content (AvgIpc) is 2.53. The smallest absolute Gasteiger partial charge is 0.0820 e. The van der Waals surface area contributed by atoms with Crippen molar-refractivity contribution >= 4 is 5.71 Å². The maximum absolute atomic E-state index is 8.25. The summed E-state index contributed by atoms with van der Waals surface area (Å²) in [4.78, 5) is 0. The molecule has 0 aromatic carbocycles. The van der Waals surface area contributed by atoms with Crippen molar-refractivity contribution in [2.24, 2.45) is 11.1 Å². The fraction of sp³-hybridized carbons (Fsp3) is 0.500. The summed E-state index contributed by atoms with van der Waals surface area (Å²) in [5.41, 5.74) is 0.741. The van der Waals surface area contributed by atoms with E-state index in [-0.39, 0.29) is 0 Å². The molecule has 1 saturated carbocycles. The van der Waals surface area contributed by atoms with Gasteiger partial charge in [-0.15, -0.1) is 0 Å². The Bertz CT molecular complexity index is 124. The predicted molar refractivity (Wildman–Crippen MR) is 32.1 cm³/mol. The van der Waals surface area contributed by atoms with E-state index in [9.17, 15) is 0 Å². The van der Waals surface area contributed by atoms with Crippen LogP contribution >= 0.6 is 0 Å². The summed E-state index contributed by atoms with van der Waals surface area (Å²) in [6.45, 7) is 3.50. The topological polar surface area (TPSA) is 32.6 Å². The van der Waals surface area contributed by atoms with Crippen LogP contribution in [0.25, 0.3) is 0 Å². The van der Waals surface area contributed by atoms with Gasteiger partial charge in [-0.1, -0.05) is 11.7 Å². The Labute approximate surface area is 48.5 Å². The molecule has 0 radical (unpaired) electrons. The normalized spacial score (nSPS) is 20.8. The molecule has 2 heteroatoms. The summed E-state index contributed by atoms with van der Waals surface area (Å²) in [5, 5.41) is 11.3. The molecule has 0 spiro atoms. The largest absolute Gasteiger partial charge is 0.411 e. The van der Waals surface area contributed by atoms with Crippen LogP contribution in [0.1, 0.15) is 12.8 Å². The zero-order valence-electron chi connectivity index (χ0n) is 4.67. The summed E-state index contributed by atoms with van der Waals surface area (Å²) >= 11 is 0. The quantitative estimate of drug-likeness (QED) is 0.326. The number of hydrogen-bond acceptors (Lipinski definition) is 2. The van der Waals surface area contributed by atoms with Crippen molar-refractivity contribution in [3.05, 3.63) is 12.7 Å². The van der Waals surface area contributed by atoms with Gasteiger partial charge >= 0.3 is 0 Å². The van der Waals surface area contributed by atoms with E-state index in [1.54, 1.807) is 6.08 Å². The van der Waals surface area contributed by atoms with Crippen LogP contribution in [0.2, 0.25) is 0 Å². The highest BCUT2D eigenvalue weighted by Gasteiger charge is 2.25. The molecule has 1 aliphatic rings. The Morgan fingerprint density at radius 3 is 2.50 bits per heavy atom. The lowest BCUT2D eigenvalue weighted by Crippen LogP contribution is -1.93. The third-order valence-electron chi connectivity index (χ3n) is 1.32. The molecule has 0 atom stereocenters. The molecule has 1 aliphatic carbocycles. The van der Waals surface area contributed by atoms with Crippen LogP contribution < -0.4 is 0 Å². The van der Waals surface area contributed by atoms with Crippen LogP contribution in [0.15, 0.2) is 17.8 Å². The molecule has 0 aliphatic heterocycles. The molecule has 0 bridgehead atoms. The van der Waals surface area contributed by atoms with Gasteiger partial charge in [-0.3, -0.25) is 0 Å². The molecule has 2 nitrogen and oxygen atoms in total. The summed E-state index contributed by atoms with van der Waals surface area (Å²) in [6.07, 6.45) is 3.93. The van der Waals surface area contributed by atoms with E-state index < -0.39 is 0 Å². The van der Waals surface area contributed by atoms with Crippen molar-refractivity contribution in [3.8, 4) is 0 Å². The van der Waals surface area contributed by atoms with Gasteiger partial charge in [0, 0.05) is 5.92 Å². The number of nitrogens with zero attached hydrogens (tertiary/aromatic N) is 1. The molecule has 0 unspecified atom stereocenters. The Balaban J connectivity index is 2.49. The average molecular weight is 111 g/mol. The number of rotatable bonds is 2. The lowest BCUT2D eigenvalue weighted by Gasteiger charge is -1.87. The minimum Gasteiger partial charge on any atom is -0.411 e. The van der Waals surface area contributed by atoms with Crippen molar-refractivity contribution in [3.63, 3.8) is 0 Å². The molecule has 0 saturated heterocycles. The van der Waals surface area contributed by atoms with Gasteiger partial charge in [-0.25, -0.2) is 0 Å². The van der Waals surface area contributed by atoms with E-state index in [2.05, 4.69) is 11.7 Å². The fourth-order valence-corrected chi connectivity index (χ4v) is 0.668. The first-order valence-corrected chi connectivity index (χ1v) is 2.73. The highest BCUT2D eigenvalue weighted by molar-refractivity contribution is 5.97. The maximum atomic E-state index is 8.25. The van der Waals surface area contributed by atoms with E-state index >= 15 is 0 Å². The minimum atomic E-state index is 0.512. The highest BCUT2D eigenvalue weighted by Crippen LogP contribution is 2.30. The molecule has 1 fully saturated rings. The van der Waals surface area contributed by atoms with Crippen LogP contribution in [-0.4, -0.2) is 10.9 Å². The fourth-order valence-electron chi connectivity index (χ4n) is 0.668. The molecule has 1 N–H and O–H groups in total. The van der Waals surface area contributed by atoms with E-state index in [1.807, 2.05) is 0 Å². The molecule has 1 rings (SSSR count). The molecule has 0 amide bonds. The molecular weight excluding hydrogens is 102 g/mol. The second-order valence-corrected chi connectivity index (χ2v) is 2.00. The SMILES string of the molecule is C=C/C(=N/O)C1CC1. The van der Waals surface area contributed by atoms with Crippen molar-refractivity contribution < 1.29 is 5.21 Å². The zero-order chi connectivity index (χ0) is 5.98. The first-order chi connectivity index (χ1) is 3.88. The van der Waals surface area contributed by atoms with Crippen LogP contribution in [0, 0.1) is 5.92 Å². The summed E-state index contributed by atoms with van der Waals surface area (Å²) in [7, 11) is 0. The maximum Gasteiger partial charge on any atom is 0.0820 e. The molecule has 0 aromatic heterocycles. The van der Waals surface area contributed by atoms with Gasteiger partial charge < -0.3 is 5.21 Å². The van der Waals surface area contributed by atoms with Gasteiger partial charge in [-0.2, -0.15) is 0 Å². The number of oxime groups is 1. The highest BCUT2D eigenvalue weighted by atomic mass is 16.4. The van der Waals surface area contributed by atoms with Gasteiger partial charge in [-0.05, 0) is 18.9 Å². The van der Waals surface area contributed by atoms with Gasteiger partial charge in [0.15, 0.2) is 0 Å². The van der Waals surface area contributed by atoms with Crippen LogP contribution in [0.5, 0.6) is 0 Å². The first-order valence-electron chi connectivity index (χ1n) is 2.73. The van der Waals surface area contributed by atoms with Crippen molar-refractivity contribution in [2.45, 2.75) is 12.8 Å². The van der Waals surface area contributed by atoms with E-state index in [4.69, 9.17) is 5.21 Å². The predicted octanol–water partition coefficient (Wildman–Crippen LogP) is 1.41. The second-order valence-electron chi connectivity index (χ2n) is 2.00. The van der Waals surface area contributed by atoms with Crippen molar-refractivity contribution in [2.75, 3.05) is 0 Å².